The van der Waals surface area contributed by atoms with Gasteiger partial charge < -0.3 is 9.47 Å². The van der Waals surface area contributed by atoms with Gasteiger partial charge in [0.15, 0.2) is 11.5 Å². The summed E-state index contributed by atoms with van der Waals surface area (Å²) in [6.07, 6.45) is 1.46. The van der Waals surface area contributed by atoms with E-state index < -0.39 is 5.97 Å². The van der Waals surface area contributed by atoms with E-state index in [1.807, 2.05) is 13.8 Å². The minimum Gasteiger partial charge on any atom is -0.493 e. The summed E-state index contributed by atoms with van der Waals surface area (Å²) in [6, 6.07) is 11.5. The van der Waals surface area contributed by atoms with Crippen LogP contribution in [0.2, 0.25) is 5.02 Å². The summed E-state index contributed by atoms with van der Waals surface area (Å²) in [5.41, 5.74) is 5.00. The van der Waals surface area contributed by atoms with Gasteiger partial charge in [-0.05, 0) is 65.7 Å². The van der Waals surface area contributed by atoms with Crippen LogP contribution in [0, 0.1) is 13.8 Å². The first-order valence-electron chi connectivity index (χ1n) is 9.46. The van der Waals surface area contributed by atoms with Crippen molar-refractivity contribution in [1.29, 1.82) is 0 Å². The lowest BCUT2D eigenvalue weighted by Crippen LogP contribution is -2.24. The molecular formula is C22H20BrClN4O4. The van der Waals surface area contributed by atoms with Gasteiger partial charge in [0, 0.05) is 0 Å². The average Bonchev–Trinajstić information content (AvgIpc) is 3.01. The van der Waals surface area contributed by atoms with Crippen LogP contribution < -0.4 is 14.9 Å². The van der Waals surface area contributed by atoms with Crippen molar-refractivity contribution < 1.29 is 19.1 Å². The molecule has 8 nitrogen and oxygen atoms in total. The number of halogens is 2. The van der Waals surface area contributed by atoms with Crippen molar-refractivity contribution in [3.05, 3.63) is 74.5 Å². The molecule has 0 fully saturated rings. The predicted octanol–water partition coefficient (Wildman–Crippen LogP) is 4.29. The third-order valence-electron chi connectivity index (χ3n) is 4.47. The Balaban J connectivity index is 1.64. The Bertz CT molecular complexity index is 1190. The normalized spacial score (nSPS) is 10.9. The van der Waals surface area contributed by atoms with E-state index in [-0.39, 0.29) is 23.8 Å². The number of carbonyl (C=O) groups is 2. The molecule has 1 aromatic heterocycles. The fourth-order valence-electron chi connectivity index (χ4n) is 2.81. The summed E-state index contributed by atoms with van der Waals surface area (Å²) in [5, 5.41) is 8.55. The molecule has 0 aliphatic rings. The fraction of sp³-hybridized carbons (Fsp3) is 0.182. The molecular weight excluding hydrogens is 500 g/mol. The minimum absolute atomic E-state index is 0.0376. The predicted molar refractivity (Wildman–Crippen MR) is 125 cm³/mol. The number of carbonyl (C=O) groups excluding carboxylic acids is 2. The maximum absolute atomic E-state index is 12.4. The maximum atomic E-state index is 12.4. The first kappa shape index (κ1) is 23.5. The van der Waals surface area contributed by atoms with Gasteiger partial charge in [0.1, 0.15) is 6.54 Å². The summed E-state index contributed by atoms with van der Waals surface area (Å²) >= 11 is 9.47. The van der Waals surface area contributed by atoms with Gasteiger partial charge in [-0.2, -0.15) is 10.2 Å². The molecule has 0 saturated carbocycles. The van der Waals surface area contributed by atoms with Gasteiger partial charge in [-0.15, -0.1) is 0 Å². The number of hydrazone groups is 1. The van der Waals surface area contributed by atoms with Crippen LogP contribution in [0.5, 0.6) is 11.5 Å². The molecule has 0 radical (unpaired) electrons. The van der Waals surface area contributed by atoms with Crippen molar-refractivity contribution in [2.75, 3.05) is 7.11 Å². The molecule has 166 valence electrons. The fourth-order valence-corrected chi connectivity index (χ4v) is 3.31. The molecule has 1 amide bonds. The topological polar surface area (TPSA) is 94.8 Å². The SMILES string of the molecule is COc1cc(C=NNC(=O)Cn2nc(C)c(Br)c2C)ccc1OC(=O)c1ccccc1Cl. The number of hydrogen-bond acceptors (Lipinski definition) is 6. The first-order chi connectivity index (χ1) is 15.3. The number of methoxy groups -OCH3 is 1. The Morgan fingerprint density at radius 1 is 1.22 bits per heavy atom. The van der Waals surface area contributed by atoms with Gasteiger partial charge in [-0.3, -0.25) is 9.48 Å². The van der Waals surface area contributed by atoms with Crippen LogP contribution in [0.25, 0.3) is 0 Å². The zero-order valence-corrected chi connectivity index (χ0v) is 19.9. The Morgan fingerprint density at radius 2 is 1.97 bits per heavy atom. The van der Waals surface area contributed by atoms with E-state index in [2.05, 4.69) is 31.6 Å². The van der Waals surface area contributed by atoms with Gasteiger partial charge >= 0.3 is 5.97 Å². The quantitative estimate of drug-likeness (QED) is 0.217. The number of aryl methyl sites for hydroxylation is 1. The number of hydrogen-bond donors (Lipinski definition) is 1. The van der Waals surface area contributed by atoms with E-state index in [1.165, 1.54) is 13.3 Å². The number of aromatic nitrogens is 2. The van der Waals surface area contributed by atoms with Crippen molar-refractivity contribution in [1.82, 2.24) is 15.2 Å². The molecule has 1 N–H and O–H groups in total. The van der Waals surface area contributed by atoms with Crippen LogP contribution in [0.15, 0.2) is 52.0 Å². The molecule has 0 spiro atoms. The standard InChI is InChI=1S/C22H20BrClN4O4/c1-13-21(23)14(2)28(27-13)12-20(29)26-25-11-15-8-9-18(19(10-15)31-3)32-22(30)16-6-4-5-7-17(16)24/h4-11H,12H2,1-3H3,(H,26,29). The van der Waals surface area contributed by atoms with Crippen molar-refractivity contribution in [2.24, 2.45) is 5.10 Å². The van der Waals surface area contributed by atoms with E-state index in [9.17, 15) is 9.59 Å². The molecule has 0 saturated heterocycles. The summed E-state index contributed by atoms with van der Waals surface area (Å²) in [6.45, 7) is 3.76. The molecule has 1 heterocycles. The van der Waals surface area contributed by atoms with E-state index in [0.717, 1.165) is 15.9 Å². The molecule has 32 heavy (non-hydrogen) atoms. The smallest absolute Gasteiger partial charge is 0.345 e. The van der Waals surface area contributed by atoms with Crippen molar-refractivity contribution in [3.63, 3.8) is 0 Å². The zero-order chi connectivity index (χ0) is 23.3. The molecule has 10 heteroatoms. The van der Waals surface area contributed by atoms with Crippen LogP contribution in [-0.4, -0.2) is 35.0 Å². The Labute approximate surface area is 198 Å². The van der Waals surface area contributed by atoms with Crippen LogP contribution in [0.4, 0.5) is 0 Å². The second-order valence-corrected chi connectivity index (χ2v) is 7.92. The highest BCUT2D eigenvalue weighted by atomic mass is 79.9. The first-order valence-corrected chi connectivity index (χ1v) is 10.6. The van der Waals surface area contributed by atoms with Crippen molar-refractivity contribution in [2.45, 2.75) is 20.4 Å². The number of nitrogens with one attached hydrogen (secondary N) is 1. The molecule has 0 atom stereocenters. The van der Waals surface area contributed by atoms with Gasteiger partial charge in [0.2, 0.25) is 0 Å². The van der Waals surface area contributed by atoms with E-state index in [0.29, 0.717) is 16.3 Å². The van der Waals surface area contributed by atoms with Crippen LogP contribution in [-0.2, 0) is 11.3 Å². The second-order valence-electron chi connectivity index (χ2n) is 6.72. The zero-order valence-electron chi connectivity index (χ0n) is 17.6. The Hall–Kier alpha value is -3.17. The van der Waals surface area contributed by atoms with Crippen molar-refractivity contribution >= 4 is 45.6 Å². The Kier molecular flexibility index (Phi) is 7.66. The van der Waals surface area contributed by atoms with Crippen LogP contribution in [0.3, 0.4) is 0 Å². The molecule has 0 unspecified atom stereocenters. The monoisotopic (exact) mass is 518 g/mol. The molecule has 0 bridgehead atoms. The molecule has 0 aliphatic carbocycles. The lowest BCUT2D eigenvalue weighted by Gasteiger charge is -2.10. The lowest BCUT2D eigenvalue weighted by molar-refractivity contribution is -0.121. The van der Waals surface area contributed by atoms with Crippen molar-refractivity contribution in [3.8, 4) is 11.5 Å². The number of ether oxygens (including phenoxy) is 2. The van der Waals surface area contributed by atoms with Gasteiger partial charge in [0.25, 0.3) is 5.91 Å². The van der Waals surface area contributed by atoms with Gasteiger partial charge in [-0.25, -0.2) is 10.2 Å². The molecule has 2 aromatic carbocycles. The maximum Gasteiger partial charge on any atom is 0.345 e. The number of amides is 1. The Morgan fingerprint density at radius 3 is 2.62 bits per heavy atom. The third-order valence-corrected chi connectivity index (χ3v) is 5.95. The number of benzene rings is 2. The number of rotatable bonds is 7. The average molecular weight is 520 g/mol. The summed E-state index contributed by atoms with van der Waals surface area (Å²) in [5.74, 6) is -0.364. The van der Waals surface area contributed by atoms with E-state index >= 15 is 0 Å². The van der Waals surface area contributed by atoms with E-state index in [4.69, 9.17) is 21.1 Å². The van der Waals surface area contributed by atoms with Gasteiger partial charge in [-0.1, -0.05) is 23.7 Å². The molecule has 0 aliphatic heterocycles. The van der Waals surface area contributed by atoms with E-state index in [1.54, 1.807) is 47.1 Å². The largest absolute Gasteiger partial charge is 0.493 e. The van der Waals surface area contributed by atoms with Gasteiger partial charge in [0.05, 0.1) is 39.8 Å². The van der Waals surface area contributed by atoms with Crippen LogP contribution in [0.1, 0.15) is 27.3 Å². The number of nitrogens with zero attached hydrogens (tertiary/aromatic N) is 3. The summed E-state index contributed by atoms with van der Waals surface area (Å²) < 4.78 is 13.2. The summed E-state index contributed by atoms with van der Waals surface area (Å²) in [4.78, 5) is 24.5. The van der Waals surface area contributed by atoms with Crippen LogP contribution >= 0.6 is 27.5 Å². The second kappa shape index (κ2) is 10.4. The highest BCUT2D eigenvalue weighted by Gasteiger charge is 2.15. The highest BCUT2D eigenvalue weighted by Crippen LogP contribution is 2.29. The molecule has 3 rings (SSSR count). The molecule has 3 aromatic rings. The minimum atomic E-state index is -0.599. The summed E-state index contributed by atoms with van der Waals surface area (Å²) in [7, 11) is 1.46. The third kappa shape index (κ3) is 5.54. The number of esters is 1. The lowest BCUT2D eigenvalue weighted by atomic mass is 10.2. The highest BCUT2D eigenvalue weighted by molar-refractivity contribution is 9.10.